The quantitative estimate of drug-likeness (QED) is 0.319. The molecule has 1 fully saturated rings. The van der Waals surface area contributed by atoms with Gasteiger partial charge >= 0.3 is 0 Å². The van der Waals surface area contributed by atoms with E-state index in [-0.39, 0.29) is 15.6 Å². The maximum absolute atomic E-state index is 12.5. The van der Waals surface area contributed by atoms with Crippen molar-refractivity contribution in [2.24, 2.45) is 0 Å². The number of benzene rings is 2. The fourth-order valence-corrected chi connectivity index (χ4v) is 3.65. The Labute approximate surface area is 171 Å². The Morgan fingerprint density at radius 3 is 2.63 bits per heavy atom. The largest absolute Gasteiger partial charge is 0.285 e. The summed E-state index contributed by atoms with van der Waals surface area (Å²) in [5, 5.41) is 11.8. The molecule has 10 heteroatoms. The summed E-state index contributed by atoms with van der Waals surface area (Å²) in [6, 6.07) is 12.6. The molecule has 3 rings (SSSR count). The fraction of sp³-hybridized carbons (Fsp3) is 0. The van der Waals surface area contributed by atoms with Gasteiger partial charge in [-0.3, -0.25) is 25.1 Å². The second-order valence-corrected chi connectivity index (χ2v) is 7.91. The Kier molecular flexibility index (Phi) is 5.68. The zero-order chi connectivity index (χ0) is 19.6. The highest BCUT2D eigenvalue weighted by Crippen LogP contribution is 2.31. The maximum atomic E-state index is 12.5. The van der Waals surface area contributed by atoms with Gasteiger partial charge in [0, 0.05) is 22.2 Å². The molecule has 0 radical (unpaired) electrons. The first-order valence-corrected chi connectivity index (χ1v) is 9.46. The molecule has 1 aliphatic heterocycles. The van der Waals surface area contributed by atoms with Gasteiger partial charge in [-0.05, 0) is 42.1 Å². The summed E-state index contributed by atoms with van der Waals surface area (Å²) in [6.07, 6.45) is 1.67. The highest BCUT2D eigenvalue weighted by atomic mass is 79.9. The van der Waals surface area contributed by atoms with E-state index >= 15 is 0 Å². The molecular formula is C17H10BrN3O4S2. The lowest BCUT2D eigenvalue weighted by atomic mass is 10.2. The minimum Gasteiger partial charge on any atom is -0.267 e. The van der Waals surface area contributed by atoms with Crippen molar-refractivity contribution in [1.29, 1.82) is 0 Å². The second-order valence-electron chi connectivity index (χ2n) is 5.32. The van der Waals surface area contributed by atoms with Gasteiger partial charge in [-0.1, -0.05) is 45.9 Å². The topological polar surface area (TPSA) is 92.6 Å². The first-order valence-electron chi connectivity index (χ1n) is 7.44. The zero-order valence-electron chi connectivity index (χ0n) is 13.4. The Hall–Kier alpha value is -2.56. The lowest BCUT2D eigenvalue weighted by molar-refractivity contribution is -0.384. The lowest BCUT2D eigenvalue weighted by Gasteiger charge is -2.15. The number of thiocarbonyl (C=S) groups is 1. The molecule has 7 nitrogen and oxygen atoms in total. The van der Waals surface area contributed by atoms with Gasteiger partial charge in [0.15, 0.2) is 4.32 Å². The molecular weight excluding hydrogens is 454 g/mol. The van der Waals surface area contributed by atoms with Crippen LogP contribution in [0.4, 0.5) is 5.69 Å². The van der Waals surface area contributed by atoms with E-state index in [9.17, 15) is 19.7 Å². The third-order valence-corrected chi connectivity index (χ3v) is 5.32. The molecule has 136 valence electrons. The third-order valence-electron chi connectivity index (χ3n) is 3.49. The Bertz CT molecular complexity index is 992. The number of hydrazine groups is 1. The van der Waals surface area contributed by atoms with Crippen LogP contribution in [-0.2, 0) is 4.79 Å². The minimum absolute atomic E-state index is 0.0511. The predicted octanol–water partition coefficient (Wildman–Crippen LogP) is 3.90. The molecule has 0 aliphatic carbocycles. The number of carbonyl (C=O) groups excluding carboxylic acids is 2. The number of nitro benzene ring substituents is 1. The van der Waals surface area contributed by atoms with Gasteiger partial charge < -0.3 is 0 Å². The van der Waals surface area contributed by atoms with Crippen molar-refractivity contribution in [2.45, 2.75) is 0 Å². The van der Waals surface area contributed by atoms with Crippen LogP contribution in [0.25, 0.3) is 6.08 Å². The molecule has 0 bridgehead atoms. The van der Waals surface area contributed by atoms with Crippen molar-refractivity contribution in [2.75, 3.05) is 0 Å². The molecule has 2 aromatic rings. The highest BCUT2D eigenvalue weighted by Gasteiger charge is 2.33. The summed E-state index contributed by atoms with van der Waals surface area (Å²) in [4.78, 5) is 35.5. The monoisotopic (exact) mass is 463 g/mol. The van der Waals surface area contributed by atoms with Gasteiger partial charge in [-0.25, -0.2) is 0 Å². The minimum atomic E-state index is -0.667. The van der Waals surface area contributed by atoms with E-state index in [0.29, 0.717) is 4.91 Å². The Morgan fingerprint density at radius 2 is 1.96 bits per heavy atom. The molecule has 0 aromatic heterocycles. The number of carbonyl (C=O) groups is 2. The number of nitrogens with zero attached hydrogens (tertiary/aromatic N) is 2. The number of nitrogens with one attached hydrogen (secondary N) is 1. The standard InChI is InChI=1S/C17H10BrN3O4S2/c18-12-6-4-10(5-7-12)8-14-16(23)20(17(26)27-14)19-15(22)11-2-1-3-13(9-11)21(24)25/h1-9H,(H,19,22). The number of non-ortho nitro benzene ring substituents is 1. The van der Waals surface area contributed by atoms with E-state index in [1.54, 1.807) is 6.08 Å². The summed E-state index contributed by atoms with van der Waals surface area (Å²) in [5.74, 6) is -1.13. The van der Waals surface area contributed by atoms with Gasteiger partial charge in [0.2, 0.25) is 0 Å². The smallest absolute Gasteiger partial charge is 0.267 e. The van der Waals surface area contributed by atoms with Crippen molar-refractivity contribution in [3.05, 3.63) is 79.2 Å². The Balaban J connectivity index is 1.77. The number of hydrogen-bond donors (Lipinski definition) is 1. The second kappa shape index (κ2) is 7.99. The van der Waals surface area contributed by atoms with E-state index in [2.05, 4.69) is 21.4 Å². The van der Waals surface area contributed by atoms with Crippen molar-refractivity contribution in [3.63, 3.8) is 0 Å². The van der Waals surface area contributed by atoms with Crippen LogP contribution in [-0.4, -0.2) is 26.1 Å². The molecule has 0 unspecified atom stereocenters. The number of hydrogen-bond acceptors (Lipinski definition) is 6. The predicted molar refractivity (Wildman–Crippen MR) is 110 cm³/mol. The average Bonchev–Trinajstić information content (AvgIpc) is 2.91. The van der Waals surface area contributed by atoms with Gasteiger partial charge in [0.1, 0.15) is 0 Å². The normalized spacial score (nSPS) is 15.3. The molecule has 0 saturated carbocycles. The van der Waals surface area contributed by atoms with E-state index in [1.165, 1.54) is 18.2 Å². The zero-order valence-corrected chi connectivity index (χ0v) is 16.6. The number of halogens is 1. The molecule has 1 heterocycles. The summed E-state index contributed by atoms with van der Waals surface area (Å²) in [6.45, 7) is 0. The molecule has 1 aliphatic rings. The van der Waals surface area contributed by atoms with Gasteiger partial charge in [-0.15, -0.1) is 0 Å². The molecule has 2 aromatic carbocycles. The first kappa shape index (κ1) is 19.2. The van der Waals surface area contributed by atoms with Gasteiger partial charge in [0.25, 0.3) is 17.5 Å². The van der Waals surface area contributed by atoms with Crippen LogP contribution in [0.2, 0.25) is 0 Å². The number of thioether (sulfide) groups is 1. The first-order chi connectivity index (χ1) is 12.8. The van der Waals surface area contributed by atoms with Crippen LogP contribution in [0.15, 0.2) is 57.9 Å². The van der Waals surface area contributed by atoms with E-state index in [0.717, 1.165) is 32.9 Å². The van der Waals surface area contributed by atoms with Crippen LogP contribution in [0.3, 0.4) is 0 Å². The lowest BCUT2D eigenvalue weighted by Crippen LogP contribution is -2.44. The van der Waals surface area contributed by atoms with E-state index in [4.69, 9.17) is 12.2 Å². The maximum Gasteiger partial charge on any atom is 0.285 e. The van der Waals surface area contributed by atoms with Crippen LogP contribution in [0.1, 0.15) is 15.9 Å². The van der Waals surface area contributed by atoms with Crippen LogP contribution < -0.4 is 5.43 Å². The average molecular weight is 464 g/mol. The van der Waals surface area contributed by atoms with E-state index in [1.807, 2.05) is 24.3 Å². The SMILES string of the molecule is O=C(NN1C(=O)C(=Cc2ccc(Br)cc2)SC1=S)c1cccc([N+](=O)[O-])c1. The van der Waals surface area contributed by atoms with Crippen LogP contribution in [0, 0.1) is 10.1 Å². The van der Waals surface area contributed by atoms with E-state index < -0.39 is 16.7 Å². The van der Waals surface area contributed by atoms with Crippen molar-refractivity contribution in [1.82, 2.24) is 10.4 Å². The summed E-state index contributed by atoms with van der Waals surface area (Å²) in [7, 11) is 0. The fourth-order valence-electron chi connectivity index (χ4n) is 2.20. The number of amides is 2. The van der Waals surface area contributed by atoms with Crippen molar-refractivity contribution in [3.8, 4) is 0 Å². The molecule has 2 amide bonds. The molecule has 0 atom stereocenters. The molecule has 27 heavy (non-hydrogen) atoms. The molecule has 1 N–H and O–H groups in total. The Morgan fingerprint density at radius 1 is 1.26 bits per heavy atom. The third kappa shape index (κ3) is 4.41. The van der Waals surface area contributed by atoms with Gasteiger partial charge in [-0.2, -0.15) is 5.01 Å². The summed E-state index contributed by atoms with van der Waals surface area (Å²) >= 11 is 9.57. The summed E-state index contributed by atoms with van der Waals surface area (Å²) < 4.78 is 1.08. The van der Waals surface area contributed by atoms with Crippen molar-refractivity contribution < 1.29 is 14.5 Å². The molecule has 0 spiro atoms. The van der Waals surface area contributed by atoms with Crippen LogP contribution in [0.5, 0.6) is 0 Å². The number of rotatable bonds is 4. The van der Waals surface area contributed by atoms with Crippen molar-refractivity contribution >= 4 is 67.8 Å². The van der Waals surface area contributed by atoms with Crippen LogP contribution >= 0.6 is 39.9 Å². The number of nitro groups is 1. The summed E-state index contributed by atoms with van der Waals surface area (Å²) in [5.41, 5.74) is 3.04. The molecule has 1 saturated heterocycles. The van der Waals surface area contributed by atoms with Gasteiger partial charge in [0.05, 0.1) is 9.83 Å². The highest BCUT2D eigenvalue weighted by molar-refractivity contribution is 9.10.